The first-order valence-corrected chi connectivity index (χ1v) is 7.76. The lowest BCUT2D eigenvalue weighted by Crippen LogP contribution is -1.94. The SMILES string of the molecule is O=C1c2ccccc2-c2c1cccc2-c1nc2c(F)cc(F)cc2[nH]1. The van der Waals surface area contributed by atoms with Crippen molar-refractivity contribution in [2.24, 2.45) is 0 Å². The standard InChI is InChI=1S/C20H10F2N2O/c21-10-8-15(22)18-16(9-10)23-20(24-18)14-7-3-6-13-17(14)11-4-1-2-5-12(11)19(13)25/h1-9H,(H,23,24). The fourth-order valence-electron chi connectivity index (χ4n) is 3.44. The van der Waals surface area contributed by atoms with Crippen LogP contribution in [0, 0.1) is 11.6 Å². The molecule has 120 valence electrons. The minimum atomic E-state index is -0.721. The monoisotopic (exact) mass is 332 g/mol. The van der Waals surface area contributed by atoms with Crippen LogP contribution < -0.4 is 0 Å². The molecule has 1 aromatic heterocycles. The molecule has 0 amide bonds. The number of benzene rings is 3. The fraction of sp³-hybridized carbons (Fsp3) is 0. The number of hydrogen-bond acceptors (Lipinski definition) is 2. The van der Waals surface area contributed by atoms with E-state index in [1.54, 1.807) is 18.2 Å². The number of aromatic amines is 1. The second-order valence-corrected chi connectivity index (χ2v) is 5.97. The normalized spacial score (nSPS) is 12.5. The Bertz CT molecular complexity index is 1190. The van der Waals surface area contributed by atoms with E-state index >= 15 is 0 Å². The van der Waals surface area contributed by atoms with Crippen molar-refractivity contribution in [2.75, 3.05) is 0 Å². The molecule has 0 bridgehead atoms. The van der Waals surface area contributed by atoms with E-state index in [1.165, 1.54) is 6.07 Å². The topological polar surface area (TPSA) is 45.8 Å². The van der Waals surface area contributed by atoms with Crippen molar-refractivity contribution in [2.45, 2.75) is 0 Å². The van der Waals surface area contributed by atoms with E-state index in [9.17, 15) is 13.6 Å². The number of aromatic nitrogens is 2. The predicted octanol–water partition coefficient (Wildman–Crippen LogP) is 4.72. The van der Waals surface area contributed by atoms with Crippen LogP contribution in [0.1, 0.15) is 15.9 Å². The molecular weight excluding hydrogens is 322 g/mol. The third-order valence-electron chi connectivity index (χ3n) is 4.51. The largest absolute Gasteiger partial charge is 0.338 e. The number of nitrogens with zero attached hydrogens (tertiary/aromatic N) is 1. The molecule has 25 heavy (non-hydrogen) atoms. The van der Waals surface area contributed by atoms with Crippen molar-refractivity contribution in [1.82, 2.24) is 9.97 Å². The maximum absolute atomic E-state index is 14.0. The van der Waals surface area contributed by atoms with E-state index in [-0.39, 0.29) is 16.8 Å². The number of carbonyl (C=O) groups excluding carboxylic acids is 1. The van der Waals surface area contributed by atoms with Gasteiger partial charge in [-0.3, -0.25) is 4.79 Å². The summed E-state index contributed by atoms with van der Waals surface area (Å²) < 4.78 is 27.4. The van der Waals surface area contributed by atoms with E-state index in [0.717, 1.165) is 17.2 Å². The second kappa shape index (κ2) is 4.83. The van der Waals surface area contributed by atoms with Gasteiger partial charge in [0.2, 0.25) is 0 Å². The highest BCUT2D eigenvalue weighted by Gasteiger charge is 2.29. The van der Waals surface area contributed by atoms with Gasteiger partial charge in [-0.2, -0.15) is 0 Å². The zero-order chi connectivity index (χ0) is 17.1. The summed E-state index contributed by atoms with van der Waals surface area (Å²) >= 11 is 0. The van der Waals surface area contributed by atoms with Crippen LogP contribution in [-0.2, 0) is 0 Å². The molecule has 0 aliphatic heterocycles. The fourth-order valence-corrected chi connectivity index (χ4v) is 3.44. The highest BCUT2D eigenvalue weighted by Crippen LogP contribution is 2.42. The molecule has 0 saturated carbocycles. The number of rotatable bonds is 1. The van der Waals surface area contributed by atoms with Gasteiger partial charge in [0, 0.05) is 28.3 Å². The predicted molar refractivity (Wildman–Crippen MR) is 90.3 cm³/mol. The molecule has 0 saturated heterocycles. The van der Waals surface area contributed by atoms with Crippen LogP contribution in [0.2, 0.25) is 0 Å². The lowest BCUT2D eigenvalue weighted by molar-refractivity contribution is 0.104. The summed E-state index contributed by atoms with van der Waals surface area (Å²) in [7, 11) is 0. The number of carbonyl (C=O) groups is 1. The van der Waals surface area contributed by atoms with Crippen LogP contribution in [-0.4, -0.2) is 15.8 Å². The first kappa shape index (κ1) is 14.0. The first-order valence-electron chi connectivity index (χ1n) is 7.76. The molecule has 0 radical (unpaired) electrons. The van der Waals surface area contributed by atoms with Crippen LogP contribution in [0.4, 0.5) is 8.78 Å². The molecule has 1 aliphatic carbocycles. The van der Waals surface area contributed by atoms with Crippen LogP contribution in [0.25, 0.3) is 33.5 Å². The molecule has 5 heteroatoms. The average molecular weight is 332 g/mol. The summed E-state index contributed by atoms with van der Waals surface area (Å²) in [5, 5.41) is 0. The minimum Gasteiger partial charge on any atom is -0.338 e. The first-order chi connectivity index (χ1) is 12.1. The molecule has 1 aliphatic rings. The number of nitrogens with one attached hydrogen (secondary N) is 1. The Kier molecular flexibility index (Phi) is 2.71. The maximum Gasteiger partial charge on any atom is 0.194 e. The van der Waals surface area contributed by atoms with Crippen LogP contribution >= 0.6 is 0 Å². The van der Waals surface area contributed by atoms with E-state index in [4.69, 9.17) is 0 Å². The Morgan fingerprint density at radius 3 is 2.40 bits per heavy atom. The van der Waals surface area contributed by atoms with Crippen molar-refractivity contribution in [3.05, 3.63) is 77.4 Å². The maximum atomic E-state index is 14.0. The van der Waals surface area contributed by atoms with Gasteiger partial charge in [0.25, 0.3) is 0 Å². The van der Waals surface area contributed by atoms with Crippen LogP contribution in [0.5, 0.6) is 0 Å². The number of H-pyrrole nitrogens is 1. The Morgan fingerprint density at radius 1 is 0.840 bits per heavy atom. The minimum absolute atomic E-state index is 0.0409. The number of ketones is 1. The van der Waals surface area contributed by atoms with Gasteiger partial charge in [0.1, 0.15) is 17.2 Å². The molecule has 0 atom stereocenters. The second-order valence-electron chi connectivity index (χ2n) is 5.97. The van der Waals surface area contributed by atoms with E-state index < -0.39 is 11.6 Å². The van der Waals surface area contributed by atoms with Crippen LogP contribution in [0.3, 0.4) is 0 Å². The molecule has 3 aromatic carbocycles. The quantitative estimate of drug-likeness (QED) is 0.483. The van der Waals surface area contributed by atoms with Crippen molar-refractivity contribution >= 4 is 16.8 Å². The third-order valence-corrected chi connectivity index (χ3v) is 4.51. The van der Waals surface area contributed by atoms with E-state index in [0.29, 0.717) is 22.5 Å². The summed E-state index contributed by atoms with van der Waals surface area (Å²) in [6.45, 7) is 0. The van der Waals surface area contributed by atoms with Gasteiger partial charge in [0.05, 0.1) is 5.52 Å². The van der Waals surface area contributed by atoms with E-state index in [2.05, 4.69) is 9.97 Å². The van der Waals surface area contributed by atoms with Gasteiger partial charge in [-0.05, 0) is 11.6 Å². The molecule has 0 unspecified atom stereocenters. The molecule has 1 N–H and O–H groups in total. The third kappa shape index (κ3) is 1.89. The zero-order valence-corrected chi connectivity index (χ0v) is 12.8. The number of halogens is 2. The van der Waals surface area contributed by atoms with Crippen molar-refractivity contribution < 1.29 is 13.6 Å². The van der Waals surface area contributed by atoms with Crippen molar-refractivity contribution in [3.63, 3.8) is 0 Å². The average Bonchev–Trinajstić information content (AvgIpc) is 3.16. The summed E-state index contributed by atoms with van der Waals surface area (Å²) in [4.78, 5) is 19.9. The smallest absolute Gasteiger partial charge is 0.194 e. The van der Waals surface area contributed by atoms with E-state index in [1.807, 2.05) is 24.3 Å². The number of hydrogen-bond donors (Lipinski definition) is 1. The molecule has 3 nitrogen and oxygen atoms in total. The van der Waals surface area contributed by atoms with Gasteiger partial charge in [-0.25, -0.2) is 13.8 Å². The Hall–Kier alpha value is -3.34. The number of fused-ring (bicyclic) bond motifs is 4. The summed E-state index contributed by atoms with van der Waals surface area (Å²) in [5.74, 6) is -1.03. The summed E-state index contributed by atoms with van der Waals surface area (Å²) in [6.07, 6.45) is 0. The Labute approximate surface area is 141 Å². The summed E-state index contributed by atoms with van der Waals surface area (Å²) in [6, 6.07) is 14.7. The van der Waals surface area contributed by atoms with Gasteiger partial charge >= 0.3 is 0 Å². The van der Waals surface area contributed by atoms with Crippen LogP contribution in [0.15, 0.2) is 54.6 Å². The highest BCUT2D eigenvalue weighted by atomic mass is 19.1. The molecular formula is C20H10F2N2O. The zero-order valence-electron chi connectivity index (χ0n) is 12.8. The Morgan fingerprint density at radius 2 is 1.56 bits per heavy atom. The van der Waals surface area contributed by atoms with Gasteiger partial charge in [-0.15, -0.1) is 0 Å². The highest BCUT2D eigenvalue weighted by molar-refractivity contribution is 6.23. The lowest BCUT2D eigenvalue weighted by Gasteiger charge is -2.06. The molecule has 1 heterocycles. The summed E-state index contributed by atoms with van der Waals surface area (Å²) in [5.41, 5.74) is 3.86. The molecule has 0 fully saturated rings. The van der Waals surface area contributed by atoms with Gasteiger partial charge < -0.3 is 4.98 Å². The van der Waals surface area contributed by atoms with Crippen molar-refractivity contribution in [3.8, 4) is 22.5 Å². The molecule has 4 aromatic rings. The van der Waals surface area contributed by atoms with Crippen molar-refractivity contribution in [1.29, 1.82) is 0 Å². The van der Waals surface area contributed by atoms with Gasteiger partial charge in [-0.1, -0.05) is 42.5 Å². The number of imidazole rings is 1. The lowest BCUT2D eigenvalue weighted by atomic mass is 9.99. The molecule has 5 rings (SSSR count). The molecule has 0 spiro atoms. The van der Waals surface area contributed by atoms with Gasteiger partial charge in [0.15, 0.2) is 11.6 Å². The Balaban J connectivity index is 1.82.